The van der Waals surface area contributed by atoms with E-state index in [4.69, 9.17) is 0 Å². The molecule has 0 atom stereocenters. The molecule has 5 heteroatoms. The van der Waals surface area contributed by atoms with Gasteiger partial charge in [-0.15, -0.1) is 0 Å². The van der Waals surface area contributed by atoms with Gasteiger partial charge in [-0.3, -0.25) is 9.59 Å². The Kier molecular flexibility index (Phi) is 6.07. The van der Waals surface area contributed by atoms with Crippen molar-refractivity contribution < 1.29 is 14.0 Å². The van der Waals surface area contributed by atoms with E-state index in [9.17, 15) is 14.0 Å². The molecule has 0 bridgehead atoms. The molecule has 0 saturated heterocycles. The maximum absolute atomic E-state index is 13.5. The third kappa shape index (κ3) is 5.19. The third-order valence-corrected chi connectivity index (χ3v) is 3.70. The topological polar surface area (TPSA) is 49.4 Å². The van der Waals surface area contributed by atoms with Crippen LogP contribution in [0.5, 0.6) is 0 Å². The van der Waals surface area contributed by atoms with Gasteiger partial charge in [0.25, 0.3) is 0 Å². The first-order chi connectivity index (χ1) is 11.5. The molecular formula is C19H21FN2O2. The molecular weight excluding hydrogens is 307 g/mol. The predicted molar refractivity (Wildman–Crippen MR) is 91.9 cm³/mol. The molecule has 0 aliphatic heterocycles. The fourth-order valence-electron chi connectivity index (χ4n) is 2.27. The normalized spacial score (nSPS) is 10.3. The minimum absolute atomic E-state index is 0.103. The number of anilines is 1. The maximum atomic E-state index is 13.5. The number of amides is 2. The number of rotatable bonds is 6. The SMILES string of the molecule is CC(=O)N(CCC(=O)Nc1ccccc1F)Cc1ccc(C)cc1. The first-order valence-corrected chi connectivity index (χ1v) is 7.81. The van der Waals surface area contributed by atoms with Gasteiger partial charge in [0.05, 0.1) is 5.69 Å². The molecule has 0 heterocycles. The van der Waals surface area contributed by atoms with Gasteiger partial charge in [0.15, 0.2) is 0 Å². The first kappa shape index (κ1) is 17.7. The van der Waals surface area contributed by atoms with Crippen LogP contribution < -0.4 is 5.32 Å². The van der Waals surface area contributed by atoms with Crippen molar-refractivity contribution in [3.63, 3.8) is 0 Å². The summed E-state index contributed by atoms with van der Waals surface area (Å²) in [5, 5.41) is 2.52. The summed E-state index contributed by atoms with van der Waals surface area (Å²) in [5.74, 6) is -0.904. The van der Waals surface area contributed by atoms with E-state index in [1.807, 2.05) is 31.2 Å². The number of carbonyl (C=O) groups excluding carboxylic acids is 2. The monoisotopic (exact) mass is 328 g/mol. The van der Waals surface area contributed by atoms with Crippen LogP contribution in [0, 0.1) is 12.7 Å². The van der Waals surface area contributed by atoms with Crippen molar-refractivity contribution in [2.45, 2.75) is 26.8 Å². The Morgan fingerprint density at radius 1 is 1.08 bits per heavy atom. The molecule has 0 saturated carbocycles. The van der Waals surface area contributed by atoms with Gasteiger partial charge in [-0.05, 0) is 24.6 Å². The molecule has 2 aromatic carbocycles. The Hall–Kier alpha value is -2.69. The van der Waals surface area contributed by atoms with Gasteiger partial charge < -0.3 is 10.2 Å². The Morgan fingerprint density at radius 3 is 2.38 bits per heavy atom. The molecule has 0 radical (unpaired) electrons. The van der Waals surface area contributed by atoms with E-state index in [1.165, 1.54) is 19.1 Å². The van der Waals surface area contributed by atoms with E-state index in [0.717, 1.165) is 11.1 Å². The molecule has 2 rings (SSSR count). The Labute approximate surface area is 141 Å². The van der Waals surface area contributed by atoms with Crippen LogP contribution in [0.15, 0.2) is 48.5 Å². The highest BCUT2D eigenvalue weighted by molar-refractivity contribution is 5.91. The lowest BCUT2D eigenvalue weighted by molar-refractivity contribution is -0.129. The fraction of sp³-hybridized carbons (Fsp3) is 0.263. The van der Waals surface area contributed by atoms with Gasteiger partial charge in [-0.2, -0.15) is 0 Å². The Bertz CT molecular complexity index is 714. The van der Waals surface area contributed by atoms with E-state index in [1.54, 1.807) is 17.0 Å². The number of nitrogens with one attached hydrogen (secondary N) is 1. The van der Waals surface area contributed by atoms with Crippen LogP contribution >= 0.6 is 0 Å². The highest BCUT2D eigenvalue weighted by Gasteiger charge is 2.13. The molecule has 2 aromatic rings. The molecule has 0 aliphatic rings. The minimum Gasteiger partial charge on any atom is -0.338 e. The number of aryl methyl sites for hydroxylation is 1. The highest BCUT2D eigenvalue weighted by Crippen LogP contribution is 2.13. The smallest absolute Gasteiger partial charge is 0.226 e. The largest absolute Gasteiger partial charge is 0.338 e. The van der Waals surface area contributed by atoms with Gasteiger partial charge in [0.1, 0.15) is 5.82 Å². The summed E-state index contributed by atoms with van der Waals surface area (Å²) in [7, 11) is 0. The fourth-order valence-corrected chi connectivity index (χ4v) is 2.27. The lowest BCUT2D eigenvalue weighted by atomic mass is 10.1. The van der Waals surface area contributed by atoms with E-state index in [2.05, 4.69) is 5.32 Å². The van der Waals surface area contributed by atoms with Crippen molar-refractivity contribution >= 4 is 17.5 Å². The van der Waals surface area contributed by atoms with Crippen molar-refractivity contribution in [1.82, 2.24) is 4.90 Å². The van der Waals surface area contributed by atoms with E-state index in [-0.39, 0.29) is 30.5 Å². The molecule has 4 nitrogen and oxygen atoms in total. The summed E-state index contributed by atoms with van der Waals surface area (Å²) < 4.78 is 13.5. The molecule has 126 valence electrons. The predicted octanol–water partition coefficient (Wildman–Crippen LogP) is 3.51. The number of hydrogen-bond donors (Lipinski definition) is 1. The van der Waals surface area contributed by atoms with Crippen LogP contribution in [0.1, 0.15) is 24.5 Å². The molecule has 0 aliphatic carbocycles. The summed E-state index contributed by atoms with van der Waals surface area (Å²) in [4.78, 5) is 25.4. The lowest BCUT2D eigenvalue weighted by Crippen LogP contribution is -2.31. The molecule has 24 heavy (non-hydrogen) atoms. The number of para-hydroxylation sites is 1. The second-order valence-electron chi connectivity index (χ2n) is 5.70. The van der Waals surface area contributed by atoms with Crippen LogP contribution in [-0.4, -0.2) is 23.3 Å². The summed E-state index contributed by atoms with van der Waals surface area (Å²) >= 11 is 0. The Balaban J connectivity index is 1.91. The zero-order valence-electron chi connectivity index (χ0n) is 13.9. The summed E-state index contributed by atoms with van der Waals surface area (Å²) in [5.41, 5.74) is 2.30. The van der Waals surface area contributed by atoms with Crippen LogP contribution in [0.3, 0.4) is 0 Å². The number of halogens is 1. The van der Waals surface area contributed by atoms with E-state index in [0.29, 0.717) is 6.54 Å². The van der Waals surface area contributed by atoms with Gasteiger partial charge >= 0.3 is 0 Å². The number of nitrogens with zero attached hydrogens (tertiary/aromatic N) is 1. The Morgan fingerprint density at radius 2 is 1.75 bits per heavy atom. The van der Waals surface area contributed by atoms with Crippen LogP contribution in [0.25, 0.3) is 0 Å². The van der Waals surface area contributed by atoms with Gasteiger partial charge in [-0.25, -0.2) is 4.39 Å². The average molecular weight is 328 g/mol. The van der Waals surface area contributed by atoms with Crippen molar-refractivity contribution in [3.8, 4) is 0 Å². The van der Waals surface area contributed by atoms with Crippen LogP contribution in [-0.2, 0) is 16.1 Å². The van der Waals surface area contributed by atoms with E-state index < -0.39 is 5.82 Å². The molecule has 1 N–H and O–H groups in total. The number of carbonyl (C=O) groups is 2. The number of benzene rings is 2. The molecule has 0 spiro atoms. The highest BCUT2D eigenvalue weighted by atomic mass is 19.1. The average Bonchev–Trinajstić information content (AvgIpc) is 2.55. The third-order valence-electron chi connectivity index (χ3n) is 3.70. The van der Waals surface area contributed by atoms with Crippen LogP contribution in [0.4, 0.5) is 10.1 Å². The molecule has 0 aromatic heterocycles. The van der Waals surface area contributed by atoms with Crippen molar-refractivity contribution in [2.24, 2.45) is 0 Å². The summed E-state index contributed by atoms with van der Waals surface area (Å²) in [6.45, 7) is 4.20. The van der Waals surface area contributed by atoms with Crippen molar-refractivity contribution in [3.05, 3.63) is 65.5 Å². The summed E-state index contributed by atoms with van der Waals surface area (Å²) in [6, 6.07) is 13.9. The standard InChI is InChI=1S/C19H21FN2O2/c1-14-7-9-16(10-8-14)13-22(15(2)23)12-11-19(24)21-18-6-4-3-5-17(18)20/h3-10H,11-13H2,1-2H3,(H,21,24). The summed E-state index contributed by atoms with van der Waals surface area (Å²) in [6.07, 6.45) is 0.111. The van der Waals surface area contributed by atoms with Crippen molar-refractivity contribution in [2.75, 3.05) is 11.9 Å². The maximum Gasteiger partial charge on any atom is 0.226 e. The molecule has 0 unspecified atom stereocenters. The van der Waals surface area contributed by atoms with E-state index >= 15 is 0 Å². The molecule has 2 amide bonds. The van der Waals surface area contributed by atoms with Crippen molar-refractivity contribution in [1.29, 1.82) is 0 Å². The second kappa shape index (κ2) is 8.24. The quantitative estimate of drug-likeness (QED) is 0.882. The minimum atomic E-state index is -0.478. The van der Waals surface area contributed by atoms with Gasteiger partial charge in [-0.1, -0.05) is 42.0 Å². The van der Waals surface area contributed by atoms with Gasteiger partial charge in [0, 0.05) is 26.4 Å². The van der Waals surface area contributed by atoms with Gasteiger partial charge in [0.2, 0.25) is 11.8 Å². The zero-order valence-corrected chi connectivity index (χ0v) is 13.9. The molecule has 0 fully saturated rings. The van der Waals surface area contributed by atoms with Crippen LogP contribution in [0.2, 0.25) is 0 Å². The first-order valence-electron chi connectivity index (χ1n) is 7.81. The number of hydrogen-bond acceptors (Lipinski definition) is 2. The lowest BCUT2D eigenvalue weighted by Gasteiger charge is -2.21. The zero-order chi connectivity index (χ0) is 17.5. The second-order valence-corrected chi connectivity index (χ2v) is 5.70.